The van der Waals surface area contributed by atoms with Crippen LogP contribution in [0.1, 0.15) is 10.4 Å². The number of nitrogens with one attached hydrogen (secondary N) is 2. The van der Waals surface area contributed by atoms with Crippen molar-refractivity contribution in [3.05, 3.63) is 29.6 Å². The van der Waals surface area contributed by atoms with E-state index in [0.717, 1.165) is 6.07 Å². The highest BCUT2D eigenvalue weighted by Gasteiger charge is 2.16. The van der Waals surface area contributed by atoms with Crippen molar-refractivity contribution in [3.8, 4) is 12.3 Å². The number of carboxylic acid groups (broad SMARTS) is 1. The van der Waals surface area contributed by atoms with Crippen LogP contribution in [0.15, 0.2) is 18.2 Å². The van der Waals surface area contributed by atoms with Crippen LogP contribution in [0, 0.1) is 18.2 Å². The molecule has 0 saturated heterocycles. The van der Waals surface area contributed by atoms with Crippen LogP contribution in [-0.4, -0.2) is 30.1 Å². The van der Waals surface area contributed by atoms with Gasteiger partial charge in [0.2, 0.25) is 5.91 Å². The lowest BCUT2D eigenvalue weighted by molar-refractivity contribution is -0.115. The predicted octanol–water partition coefficient (Wildman–Crippen LogP) is 0.685. The molecule has 6 heteroatoms. The molecule has 0 saturated carbocycles. The van der Waals surface area contributed by atoms with E-state index in [2.05, 4.69) is 16.6 Å². The van der Waals surface area contributed by atoms with E-state index in [0.29, 0.717) is 0 Å². The molecule has 1 aromatic rings. The Morgan fingerprint density at radius 2 is 2.17 bits per heavy atom. The summed E-state index contributed by atoms with van der Waals surface area (Å²) in [6.45, 7) is 0.0636. The summed E-state index contributed by atoms with van der Waals surface area (Å²) in [6, 6.07) is 3.53. The molecule has 1 amide bonds. The number of carboxylic acids is 1. The van der Waals surface area contributed by atoms with Crippen LogP contribution in [0.2, 0.25) is 0 Å². The average Bonchev–Trinajstić information content (AvgIpc) is 2.31. The summed E-state index contributed by atoms with van der Waals surface area (Å²) in [6.07, 6.45) is 4.97. The third-order valence-electron chi connectivity index (χ3n) is 2.02. The summed E-state index contributed by atoms with van der Waals surface area (Å²) in [7, 11) is 0. The molecule has 0 radical (unpaired) electrons. The number of benzene rings is 1. The second-order valence-corrected chi connectivity index (χ2v) is 3.32. The van der Waals surface area contributed by atoms with Crippen molar-refractivity contribution >= 4 is 17.6 Å². The first-order valence-electron chi connectivity index (χ1n) is 5.02. The van der Waals surface area contributed by atoms with Crippen molar-refractivity contribution < 1.29 is 19.1 Å². The first kappa shape index (κ1) is 13.7. The largest absolute Gasteiger partial charge is 0.478 e. The van der Waals surface area contributed by atoms with Gasteiger partial charge in [-0.3, -0.25) is 10.1 Å². The smallest absolute Gasteiger partial charge is 0.337 e. The number of para-hydroxylation sites is 1. The minimum Gasteiger partial charge on any atom is -0.478 e. The molecule has 94 valence electrons. The Morgan fingerprint density at radius 1 is 1.44 bits per heavy atom. The molecule has 0 aliphatic heterocycles. The zero-order valence-corrected chi connectivity index (χ0v) is 9.37. The molecule has 0 bridgehead atoms. The van der Waals surface area contributed by atoms with Crippen LogP contribution >= 0.6 is 0 Å². The lowest BCUT2D eigenvalue weighted by Crippen LogP contribution is -2.29. The van der Waals surface area contributed by atoms with E-state index in [1.807, 2.05) is 0 Å². The molecule has 3 N–H and O–H groups in total. The van der Waals surface area contributed by atoms with E-state index >= 15 is 0 Å². The van der Waals surface area contributed by atoms with Crippen LogP contribution in [0.3, 0.4) is 0 Å². The molecule has 1 rings (SSSR count). The molecule has 0 fully saturated rings. The van der Waals surface area contributed by atoms with Crippen LogP contribution < -0.4 is 10.6 Å². The summed E-state index contributed by atoms with van der Waals surface area (Å²) in [5.74, 6) is -0.426. The number of carbonyl (C=O) groups is 2. The third kappa shape index (κ3) is 3.57. The number of hydrogen-bond acceptors (Lipinski definition) is 3. The highest BCUT2D eigenvalue weighted by atomic mass is 19.1. The Morgan fingerprint density at radius 3 is 2.78 bits per heavy atom. The topological polar surface area (TPSA) is 78.4 Å². The van der Waals surface area contributed by atoms with Crippen LogP contribution in [0.4, 0.5) is 10.1 Å². The predicted molar refractivity (Wildman–Crippen MR) is 63.7 cm³/mol. The number of carbonyl (C=O) groups excluding carboxylic acids is 1. The lowest BCUT2D eigenvalue weighted by atomic mass is 10.1. The van der Waals surface area contributed by atoms with Crippen LogP contribution in [-0.2, 0) is 4.79 Å². The van der Waals surface area contributed by atoms with Crippen molar-refractivity contribution in [3.63, 3.8) is 0 Å². The number of aromatic carboxylic acids is 1. The summed E-state index contributed by atoms with van der Waals surface area (Å²) < 4.78 is 13.4. The van der Waals surface area contributed by atoms with Gasteiger partial charge < -0.3 is 10.4 Å². The Bertz CT molecular complexity index is 509. The van der Waals surface area contributed by atoms with E-state index in [-0.39, 0.29) is 24.3 Å². The van der Waals surface area contributed by atoms with Crippen LogP contribution in [0.25, 0.3) is 0 Å². The summed E-state index contributed by atoms with van der Waals surface area (Å²) in [5, 5.41) is 13.7. The van der Waals surface area contributed by atoms with E-state index in [1.54, 1.807) is 0 Å². The standard InChI is InChI=1S/C12H11FN2O3/c1-2-6-14-7-10(16)15-11-8(12(17)18)4-3-5-9(11)13/h1,3-5,14H,6-7H2,(H,15,16)(H,17,18). The zero-order chi connectivity index (χ0) is 13.5. The van der Waals surface area contributed by atoms with Crippen molar-refractivity contribution in [1.29, 1.82) is 0 Å². The molecule has 0 aromatic heterocycles. The monoisotopic (exact) mass is 250 g/mol. The molecular formula is C12H11FN2O3. The summed E-state index contributed by atoms with van der Waals surface area (Å²) in [5.41, 5.74) is -0.655. The molecule has 0 unspecified atom stereocenters. The Balaban J connectivity index is 2.81. The fourth-order valence-corrected chi connectivity index (χ4v) is 1.26. The molecular weight excluding hydrogens is 239 g/mol. The number of rotatable bonds is 5. The van der Waals surface area contributed by atoms with Crippen molar-refractivity contribution in [2.24, 2.45) is 0 Å². The van der Waals surface area contributed by atoms with Gasteiger partial charge in [-0.05, 0) is 12.1 Å². The van der Waals surface area contributed by atoms with Gasteiger partial charge in [0.1, 0.15) is 5.82 Å². The zero-order valence-electron chi connectivity index (χ0n) is 9.37. The number of hydrogen-bond donors (Lipinski definition) is 3. The number of anilines is 1. The first-order chi connectivity index (χ1) is 8.56. The molecule has 0 aliphatic carbocycles. The van der Waals surface area contributed by atoms with Gasteiger partial charge in [0, 0.05) is 0 Å². The minimum absolute atomic E-state index is 0.127. The minimum atomic E-state index is -1.32. The van der Waals surface area contributed by atoms with Gasteiger partial charge in [-0.2, -0.15) is 0 Å². The van der Waals surface area contributed by atoms with Crippen LogP contribution in [0.5, 0.6) is 0 Å². The molecule has 1 aromatic carbocycles. The molecule has 18 heavy (non-hydrogen) atoms. The Hall–Kier alpha value is -2.39. The van der Waals surface area contributed by atoms with Crippen molar-refractivity contribution in [2.45, 2.75) is 0 Å². The fraction of sp³-hybridized carbons (Fsp3) is 0.167. The van der Waals surface area contributed by atoms with E-state index in [4.69, 9.17) is 11.5 Å². The molecule has 0 spiro atoms. The quantitative estimate of drug-likeness (QED) is 0.530. The number of terminal acetylenes is 1. The van der Waals surface area contributed by atoms with Crippen molar-refractivity contribution in [1.82, 2.24) is 5.32 Å². The Kier molecular flexibility index (Phi) is 4.84. The fourth-order valence-electron chi connectivity index (χ4n) is 1.26. The normalized spacial score (nSPS) is 9.56. The molecule has 5 nitrogen and oxygen atoms in total. The van der Waals surface area contributed by atoms with Gasteiger partial charge in [0.25, 0.3) is 0 Å². The maximum atomic E-state index is 13.4. The maximum absolute atomic E-state index is 13.4. The molecule has 0 heterocycles. The Labute approximate surface area is 103 Å². The number of amides is 1. The second kappa shape index (κ2) is 6.37. The van der Waals surface area contributed by atoms with Gasteiger partial charge in [0.05, 0.1) is 24.3 Å². The SMILES string of the molecule is C#CCNCC(=O)Nc1c(F)cccc1C(=O)O. The van der Waals surface area contributed by atoms with Crippen molar-refractivity contribution in [2.75, 3.05) is 18.4 Å². The molecule has 0 aliphatic rings. The third-order valence-corrected chi connectivity index (χ3v) is 2.02. The first-order valence-corrected chi connectivity index (χ1v) is 5.02. The van der Waals surface area contributed by atoms with Gasteiger partial charge in [-0.15, -0.1) is 6.42 Å². The van der Waals surface area contributed by atoms with Gasteiger partial charge in [-0.25, -0.2) is 9.18 Å². The van der Waals surface area contributed by atoms with Gasteiger partial charge in [0.15, 0.2) is 0 Å². The maximum Gasteiger partial charge on any atom is 0.337 e. The van der Waals surface area contributed by atoms with Gasteiger partial charge >= 0.3 is 5.97 Å². The van der Waals surface area contributed by atoms with Gasteiger partial charge in [-0.1, -0.05) is 12.0 Å². The average molecular weight is 250 g/mol. The summed E-state index contributed by atoms with van der Waals surface area (Å²) in [4.78, 5) is 22.3. The highest BCUT2D eigenvalue weighted by molar-refractivity contribution is 6.01. The second-order valence-electron chi connectivity index (χ2n) is 3.32. The molecule has 0 atom stereocenters. The summed E-state index contributed by atoms with van der Waals surface area (Å²) >= 11 is 0. The van der Waals surface area contributed by atoms with E-state index in [1.165, 1.54) is 12.1 Å². The lowest BCUT2D eigenvalue weighted by Gasteiger charge is -2.09. The number of halogens is 1. The highest BCUT2D eigenvalue weighted by Crippen LogP contribution is 2.19. The van der Waals surface area contributed by atoms with E-state index in [9.17, 15) is 14.0 Å². The van der Waals surface area contributed by atoms with E-state index < -0.39 is 17.7 Å².